The number of nitrogens with one attached hydrogen (secondary N) is 1. The molecule has 4 nitrogen and oxygen atoms in total. The molecule has 2 aromatic rings. The molecule has 0 aliphatic rings. The lowest BCUT2D eigenvalue weighted by Crippen LogP contribution is -2.24. The van der Waals surface area contributed by atoms with Crippen LogP contribution in [-0.4, -0.2) is 15.8 Å². The van der Waals surface area contributed by atoms with Crippen LogP contribution in [0.2, 0.25) is 5.02 Å². The average Bonchev–Trinajstić information content (AvgIpc) is 2.83. The van der Waals surface area contributed by atoms with E-state index in [2.05, 4.69) is 21.9 Å². The van der Waals surface area contributed by atoms with Crippen LogP contribution in [-0.2, 0) is 13.5 Å². The Morgan fingerprint density at radius 3 is 3.06 bits per heavy atom. The molecule has 18 heavy (non-hydrogen) atoms. The third kappa shape index (κ3) is 2.91. The predicted molar refractivity (Wildman–Crippen MR) is 75.6 cm³/mol. The van der Waals surface area contributed by atoms with E-state index in [1.54, 1.807) is 24.6 Å². The average molecular weight is 284 g/mol. The van der Waals surface area contributed by atoms with Crippen molar-refractivity contribution >= 4 is 28.6 Å². The van der Waals surface area contributed by atoms with Crippen molar-refractivity contribution in [3.8, 4) is 0 Å². The molecule has 0 amide bonds. The fourth-order valence-electron chi connectivity index (χ4n) is 1.66. The summed E-state index contributed by atoms with van der Waals surface area (Å²) in [6.07, 6.45) is 2.47. The summed E-state index contributed by atoms with van der Waals surface area (Å²) in [4.78, 5) is 12.9. The van der Waals surface area contributed by atoms with Crippen LogP contribution < -0.4 is 10.9 Å². The summed E-state index contributed by atoms with van der Waals surface area (Å²) in [6.45, 7) is 2.05. The molecule has 1 atom stereocenters. The standard InChI is InChI=1S/C12H14ClN3OS/c1-8(6-9-4-3-5-18-9)15-10-7-14-16(2)12(17)11(10)13/h3-5,7-8,15H,6H2,1-2H3. The first-order chi connectivity index (χ1) is 8.58. The Kier molecular flexibility index (Phi) is 4.04. The minimum absolute atomic E-state index is 0.186. The molecular weight excluding hydrogens is 270 g/mol. The minimum atomic E-state index is -0.287. The highest BCUT2D eigenvalue weighted by molar-refractivity contribution is 7.09. The SMILES string of the molecule is CC(Cc1cccs1)Nc1cnn(C)c(=O)c1Cl. The number of anilines is 1. The maximum atomic E-state index is 11.6. The molecule has 0 saturated heterocycles. The van der Waals surface area contributed by atoms with Gasteiger partial charge in [0.25, 0.3) is 5.56 Å². The Bertz CT molecular complexity index is 580. The second kappa shape index (κ2) is 5.54. The summed E-state index contributed by atoms with van der Waals surface area (Å²) < 4.78 is 1.22. The van der Waals surface area contributed by atoms with Crippen LogP contribution in [0.5, 0.6) is 0 Å². The Morgan fingerprint density at radius 2 is 2.39 bits per heavy atom. The van der Waals surface area contributed by atoms with Crippen molar-refractivity contribution < 1.29 is 0 Å². The van der Waals surface area contributed by atoms with E-state index in [0.29, 0.717) is 5.69 Å². The molecule has 0 saturated carbocycles. The highest BCUT2D eigenvalue weighted by Crippen LogP contribution is 2.18. The van der Waals surface area contributed by atoms with Gasteiger partial charge in [-0.15, -0.1) is 11.3 Å². The van der Waals surface area contributed by atoms with Gasteiger partial charge in [-0.2, -0.15) is 5.10 Å². The molecule has 0 aromatic carbocycles. The van der Waals surface area contributed by atoms with Crippen molar-refractivity contribution in [2.75, 3.05) is 5.32 Å². The molecule has 0 radical (unpaired) electrons. The van der Waals surface area contributed by atoms with E-state index < -0.39 is 0 Å². The molecule has 2 aromatic heterocycles. The number of halogens is 1. The van der Waals surface area contributed by atoms with Crippen LogP contribution in [0, 0.1) is 0 Å². The summed E-state index contributed by atoms with van der Waals surface area (Å²) in [6, 6.07) is 4.31. The second-order valence-corrected chi connectivity index (χ2v) is 5.54. The summed E-state index contributed by atoms with van der Waals surface area (Å²) in [7, 11) is 1.58. The Hall–Kier alpha value is -1.33. The highest BCUT2D eigenvalue weighted by Gasteiger charge is 2.10. The largest absolute Gasteiger partial charge is 0.380 e. The van der Waals surface area contributed by atoms with E-state index in [4.69, 9.17) is 11.6 Å². The maximum absolute atomic E-state index is 11.6. The topological polar surface area (TPSA) is 46.9 Å². The van der Waals surface area contributed by atoms with Gasteiger partial charge in [-0.25, -0.2) is 4.68 Å². The lowest BCUT2D eigenvalue weighted by Gasteiger charge is -2.15. The smallest absolute Gasteiger partial charge is 0.287 e. The van der Waals surface area contributed by atoms with E-state index >= 15 is 0 Å². The third-order valence-corrected chi connectivity index (χ3v) is 3.83. The number of hydrogen-bond donors (Lipinski definition) is 1. The first-order valence-corrected chi connectivity index (χ1v) is 6.84. The van der Waals surface area contributed by atoms with Crippen molar-refractivity contribution in [2.45, 2.75) is 19.4 Å². The summed E-state index contributed by atoms with van der Waals surface area (Å²) in [5.41, 5.74) is 0.300. The van der Waals surface area contributed by atoms with Gasteiger partial charge >= 0.3 is 0 Å². The van der Waals surface area contributed by atoms with Gasteiger partial charge in [-0.1, -0.05) is 17.7 Å². The molecule has 0 spiro atoms. The summed E-state index contributed by atoms with van der Waals surface area (Å²) in [5.74, 6) is 0. The van der Waals surface area contributed by atoms with E-state index in [0.717, 1.165) is 6.42 Å². The van der Waals surface area contributed by atoms with Crippen molar-refractivity contribution in [2.24, 2.45) is 7.05 Å². The zero-order chi connectivity index (χ0) is 13.1. The molecule has 0 aliphatic carbocycles. The van der Waals surface area contributed by atoms with E-state index in [1.165, 1.54) is 9.56 Å². The zero-order valence-corrected chi connectivity index (χ0v) is 11.8. The molecule has 0 aliphatic heterocycles. The van der Waals surface area contributed by atoms with Crippen LogP contribution in [0.4, 0.5) is 5.69 Å². The molecule has 0 fully saturated rings. The lowest BCUT2D eigenvalue weighted by molar-refractivity contribution is 0.704. The minimum Gasteiger partial charge on any atom is -0.380 e. The summed E-state index contributed by atoms with van der Waals surface area (Å²) in [5, 5.41) is 9.40. The van der Waals surface area contributed by atoms with Gasteiger partial charge < -0.3 is 5.32 Å². The van der Waals surface area contributed by atoms with Crippen LogP contribution in [0.1, 0.15) is 11.8 Å². The van der Waals surface area contributed by atoms with E-state index in [9.17, 15) is 4.79 Å². The lowest BCUT2D eigenvalue weighted by atomic mass is 10.2. The van der Waals surface area contributed by atoms with Gasteiger partial charge in [-0.05, 0) is 18.4 Å². The first-order valence-electron chi connectivity index (χ1n) is 5.58. The number of rotatable bonds is 4. The molecular formula is C12H14ClN3OS. The van der Waals surface area contributed by atoms with Gasteiger partial charge in [0, 0.05) is 24.4 Å². The van der Waals surface area contributed by atoms with Crippen molar-refractivity contribution in [1.29, 1.82) is 0 Å². The highest BCUT2D eigenvalue weighted by atomic mass is 35.5. The van der Waals surface area contributed by atoms with Gasteiger partial charge in [-0.3, -0.25) is 4.79 Å². The Morgan fingerprint density at radius 1 is 1.61 bits per heavy atom. The monoisotopic (exact) mass is 283 g/mol. The van der Waals surface area contributed by atoms with Crippen LogP contribution >= 0.6 is 22.9 Å². The van der Waals surface area contributed by atoms with Gasteiger partial charge in [0.15, 0.2) is 0 Å². The zero-order valence-electron chi connectivity index (χ0n) is 10.2. The van der Waals surface area contributed by atoms with Crippen LogP contribution in [0.15, 0.2) is 28.5 Å². The fraction of sp³-hybridized carbons (Fsp3) is 0.333. The Balaban J connectivity index is 2.10. The van der Waals surface area contributed by atoms with Gasteiger partial charge in [0.1, 0.15) is 5.02 Å². The molecule has 0 bridgehead atoms. The van der Waals surface area contributed by atoms with Gasteiger partial charge in [0.05, 0.1) is 11.9 Å². The third-order valence-electron chi connectivity index (χ3n) is 2.57. The molecule has 6 heteroatoms. The van der Waals surface area contributed by atoms with E-state index in [1.807, 2.05) is 13.0 Å². The second-order valence-electron chi connectivity index (χ2n) is 4.13. The normalized spacial score (nSPS) is 12.4. The molecule has 1 unspecified atom stereocenters. The van der Waals surface area contributed by atoms with Crippen LogP contribution in [0.25, 0.3) is 0 Å². The number of thiophene rings is 1. The first kappa shape index (κ1) is 13.1. The number of aryl methyl sites for hydroxylation is 1. The quantitative estimate of drug-likeness (QED) is 0.938. The molecule has 96 valence electrons. The number of aromatic nitrogens is 2. The summed E-state index contributed by atoms with van der Waals surface area (Å²) >= 11 is 7.71. The molecule has 1 N–H and O–H groups in total. The van der Waals surface area contributed by atoms with Gasteiger partial charge in [0.2, 0.25) is 0 Å². The number of hydrogen-bond acceptors (Lipinski definition) is 4. The van der Waals surface area contributed by atoms with E-state index in [-0.39, 0.29) is 16.6 Å². The van der Waals surface area contributed by atoms with Crippen molar-refractivity contribution in [1.82, 2.24) is 9.78 Å². The van der Waals surface area contributed by atoms with Crippen molar-refractivity contribution in [3.05, 3.63) is 44.0 Å². The number of nitrogens with zero attached hydrogens (tertiary/aromatic N) is 2. The fourth-order valence-corrected chi connectivity index (χ4v) is 2.72. The molecule has 2 heterocycles. The predicted octanol–water partition coefficient (Wildman–Crippen LogP) is 2.54. The maximum Gasteiger partial charge on any atom is 0.287 e. The van der Waals surface area contributed by atoms with Crippen LogP contribution in [0.3, 0.4) is 0 Å². The molecule has 2 rings (SSSR count). The van der Waals surface area contributed by atoms with Crippen molar-refractivity contribution in [3.63, 3.8) is 0 Å². The Labute approximate surface area is 114 Å².